The Kier molecular flexibility index (Phi) is 5.20. The number of amides is 1. The first-order valence-electron chi connectivity index (χ1n) is 7.29. The maximum atomic E-state index is 12.2. The molecule has 3 N–H and O–H groups in total. The van der Waals surface area contributed by atoms with Crippen molar-refractivity contribution in [3.05, 3.63) is 34.9 Å². The summed E-state index contributed by atoms with van der Waals surface area (Å²) >= 11 is 0. The van der Waals surface area contributed by atoms with Gasteiger partial charge in [-0.1, -0.05) is 37.2 Å². The van der Waals surface area contributed by atoms with Gasteiger partial charge in [0.1, 0.15) is 0 Å². The highest BCUT2D eigenvalue weighted by atomic mass is 16.1. The molecule has 0 unspecified atom stereocenters. The van der Waals surface area contributed by atoms with Gasteiger partial charge >= 0.3 is 0 Å². The standard InChI is InChI=1S/C17H22N2O/c1-13-15(8-4-11-18)7-3-9-16(13)17(20)19-12-10-14-5-2-6-14/h3,7,9,14H,2,5-6,10-12,18H2,1H3,(H,19,20). The smallest absolute Gasteiger partial charge is 0.251 e. The molecule has 0 aliphatic heterocycles. The highest BCUT2D eigenvalue weighted by molar-refractivity contribution is 5.96. The lowest BCUT2D eigenvalue weighted by Crippen LogP contribution is -2.28. The maximum Gasteiger partial charge on any atom is 0.251 e. The van der Waals surface area contributed by atoms with Crippen molar-refractivity contribution in [2.45, 2.75) is 32.6 Å². The molecular formula is C17H22N2O. The molecule has 0 radical (unpaired) electrons. The molecule has 0 heterocycles. The van der Waals surface area contributed by atoms with Crippen LogP contribution in [0.25, 0.3) is 0 Å². The van der Waals surface area contributed by atoms with Crippen LogP contribution in [0.15, 0.2) is 18.2 Å². The van der Waals surface area contributed by atoms with Crippen LogP contribution >= 0.6 is 0 Å². The van der Waals surface area contributed by atoms with Crippen molar-refractivity contribution in [2.75, 3.05) is 13.1 Å². The molecule has 3 heteroatoms. The number of rotatable bonds is 4. The molecule has 2 rings (SSSR count). The van der Waals surface area contributed by atoms with Crippen LogP contribution in [0.4, 0.5) is 0 Å². The second kappa shape index (κ2) is 7.12. The predicted octanol–water partition coefficient (Wildman–Crippen LogP) is 2.23. The first-order valence-corrected chi connectivity index (χ1v) is 7.29. The third-order valence-electron chi connectivity index (χ3n) is 3.97. The summed E-state index contributed by atoms with van der Waals surface area (Å²) in [7, 11) is 0. The van der Waals surface area contributed by atoms with Crippen molar-refractivity contribution in [1.29, 1.82) is 0 Å². The molecule has 1 amide bonds. The quantitative estimate of drug-likeness (QED) is 0.824. The molecule has 0 atom stereocenters. The summed E-state index contributed by atoms with van der Waals surface area (Å²) in [4.78, 5) is 12.2. The van der Waals surface area contributed by atoms with Crippen molar-refractivity contribution in [2.24, 2.45) is 11.7 Å². The Hall–Kier alpha value is -1.79. The second-order valence-corrected chi connectivity index (χ2v) is 5.33. The van der Waals surface area contributed by atoms with Gasteiger partial charge in [0.05, 0.1) is 6.54 Å². The minimum atomic E-state index is -0.00165. The average Bonchev–Trinajstić information content (AvgIpc) is 2.40. The topological polar surface area (TPSA) is 55.1 Å². The molecule has 0 bridgehead atoms. The van der Waals surface area contributed by atoms with Crippen LogP contribution in [-0.2, 0) is 0 Å². The molecule has 1 aromatic rings. The van der Waals surface area contributed by atoms with E-state index >= 15 is 0 Å². The maximum absolute atomic E-state index is 12.2. The summed E-state index contributed by atoms with van der Waals surface area (Å²) in [6.07, 6.45) is 5.08. The molecule has 1 aliphatic rings. The van der Waals surface area contributed by atoms with E-state index in [1.54, 1.807) is 0 Å². The van der Waals surface area contributed by atoms with E-state index in [1.807, 2.05) is 25.1 Å². The SMILES string of the molecule is Cc1c(C#CCN)cccc1C(=O)NCCC1CCC1. The Morgan fingerprint density at radius 2 is 2.25 bits per heavy atom. The number of carbonyl (C=O) groups excluding carboxylic acids is 1. The highest BCUT2D eigenvalue weighted by Gasteiger charge is 2.17. The van der Waals surface area contributed by atoms with Crippen molar-refractivity contribution in [3.63, 3.8) is 0 Å². The third kappa shape index (κ3) is 3.61. The van der Waals surface area contributed by atoms with Gasteiger partial charge in [-0.15, -0.1) is 0 Å². The van der Waals surface area contributed by atoms with Gasteiger partial charge in [-0.25, -0.2) is 0 Å². The molecule has 1 aromatic carbocycles. The average molecular weight is 270 g/mol. The zero-order valence-electron chi connectivity index (χ0n) is 12.0. The Balaban J connectivity index is 1.97. The molecule has 0 saturated heterocycles. The van der Waals surface area contributed by atoms with Gasteiger partial charge in [-0.05, 0) is 37.0 Å². The summed E-state index contributed by atoms with van der Waals surface area (Å²) in [6, 6.07) is 5.64. The molecule has 1 saturated carbocycles. The van der Waals surface area contributed by atoms with E-state index in [2.05, 4.69) is 17.2 Å². The van der Waals surface area contributed by atoms with Crippen molar-refractivity contribution >= 4 is 5.91 Å². The Morgan fingerprint density at radius 1 is 1.45 bits per heavy atom. The summed E-state index contributed by atoms with van der Waals surface area (Å²) in [6.45, 7) is 3.03. The van der Waals surface area contributed by atoms with Gasteiger partial charge in [0.2, 0.25) is 0 Å². The number of hydrogen-bond acceptors (Lipinski definition) is 2. The molecular weight excluding hydrogens is 248 g/mol. The zero-order chi connectivity index (χ0) is 14.4. The molecule has 1 fully saturated rings. The highest BCUT2D eigenvalue weighted by Crippen LogP contribution is 2.28. The van der Waals surface area contributed by atoms with Crippen LogP contribution in [0.1, 0.15) is 47.2 Å². The van der Waals surface area contributed by atoms with Crippen LogP contribution in [0.3, 0.4) is 0 Å². The van der Waals surface area contributed by atoms with Gasteiger partial charge in [-0.2, -0.15) is 0 Å². The first-order chi connectivity index (χ1) is 9.72. The van der Waals surface area contributed by atoms with E-state index in [0.29, 0.717) is 12.1 Å². The lowest BCUT2D eigenvalue weighted by Gasteiger charge is -2.25. The zero-order valence-corrected chi connectivity index (χ0v) is 12.0. The largest absolute Gasteiger partial charge is 0.352 e. The van der Waals surface area contributed by atoms with Crippen LogP contribution in [-0.4, -0.2) is 19.0 Å². The number of carbonyl (C=O) groups is 1. The minimum absolute atomic E-state index is 0.00165. The van der Waals surface area contributed by atoms with Crippen molar-refractivity contribution < 1.29 is 4.79 Å². The molecule has 1 aliphatic carbocycles. The fraction of sp³-hybridized carbons (Fsp3) is 0.471. The minimum Gasteiger partial charge on any atom is -0.352 e. The Morgan fingerprint density at radius 3 is 2.90 bits per heavy atom. The summed E-state index contributed by atoms with van der Waals surface area (Å²) in [5.41, 5.74) is 7.90. The van der Waals surface area contributed by atoms with Crippen molar-refractivity contribution in [1.82, 2.24) is 5.32 Å². The molecule has 0 spiro atoms. The van der Waals surface area contributed by atoms with Crippen LogP contribution < -0.4 is 11.1 Å². The Labute approximate surface area is 120 Å². The molecule has 20 heavy (non-hydrogen) atoms. The number of benzene rings is 1. The van der Waals surface area contributed by atoms with Gasteiger partial charge in [0.15, 0.2) is 0 Å². The van der Waals surface area contributed by atoms with E-state index < -0.39 is 0 Å². The van der Waals surface area contributed by atoms with E-state index in [1.165, 1.54) is 19.3 Å². The molecule has 3 nitrogen and oxygen atoms in total. The fourth-order valence-electron chi connectivity index (χ4n) is 2.43. The van der Waals surface area contributed by atoms with Gasteiger partial charge in [0.25, 0.3) is 5.91 Å². The van der Waals surface area contributed by atoms with Crippen LogP contribution in [0.5, 0.6) is 0 Å². The predicted molar refractivity (Wildman–Crippen MR) is 81.4 cm³/mol. The normalized spacial score (nSPS) is 14.1. The fourth-order valence-corrected chi connectivity index (χ4v) is 2.43. The van der Waals surface area contributed by atoms with Crippen LogP contribution in [0, 0.1) is 24.7 Å². The molecule has 0 aromatic heterocycles. The van der Waals surface area contributed by atoms with E-state index in [9.17, 15) is 4.79 Å². The number of nitrogens with one attached hydrogen (secondary N) is 1. The van der Waals surface area contributed by atoms with Crippen LogP contribution in [0.2, 0.25) is 0 Å². The van der Waals surface area contributed by atoms with E-state index in [0.717, 1.165) is 30.0 Å². The third-order valence-corrected chi connectivity index (χ3v) is 3.97. The summed E-state index contributed by atoms with van der Waals surface area (Å²) in [5.74, 6) is 6.65. The summed E-state index contributed by atoms with van der Waals surface area (Å²) in [5, 5.41) is 3.01. The van der Waals surface area contributed by atoms with E-state index in [-0.39, 0.29) is 5.91 Å². The van der Waals surface area contributed by atoms with E-state index in [4.69, 9.17) is 5.73 Å². The monoisotopic (exact) mass is 270 g/mol. The summed E-state index contributed by atoms with van der Waals surface area (Å²) < 4.78 is 0. The first kappa shape index (κ1) is 14.6. The molecule has 106 valence electrons. The van der Waals surface area contributed by atoms with Gasteiger partial charge in [-0.3, -0.25) is 4.79 Å². The number of hydrogen-bond donors (Lipinski definition) is 2. The van der Waals surface area contributed by atoms with Gasteiger partial charge < -0.3 is 11.1 Å². The Bertz CT molecular complexity index is 536. The lowest BCUT2D eigenvalue weighted by molar-refractivity contribution is 0.0948. The second-order valence-electron chi connectivity index (χ2n) is 5.33. The van der Waals surface area contributed by atoms with Gasteiger partial charge in [0, 0.05) is 17.7 Å². The number of nitrogens with two attached hydrogens (primary N) is 1. The van der Waals surface area contributed by atoms with Crippen molar-refractivity contribution in [3.8, 4) is 11.8 Å². The lowest BCUT2D eigenvalue weighted by atomic mass is 9.83.